The summed E-state index contributed by atoms with van der Waals surface area (Å²) in [6.07, 6.45) is 0. The van der Waals surface area contributed by atoms with E-state index in [9.17, 15) is 9.59 Å². The number of ether oxygens (including phenoxy) is 1. The van der Waals surface area contributed by atoms with E-state index in [1.54, 1.807) is 18.9 Å². The van der Waals surface area contributed by atoms with Crippen molar-refractivity contribution in [2.24, 2.45) is 0 Å². The molecule has 1 N–H and O–H groups in total. The summed E-state index contributed by atoms with van der Waals surface area (Å²) in [5.41, 5.74) is 2.61. The molecule has 1 atom stereocenters. The number of carbonyl (C=O) groups excluding carboxylic acids is 2. The third-order valence-electron chi connectivity index (χ3n) is 4.75. The van der Waals surface area contributed by atoms with Crippen LogP contribution in [0.4, 0.5) is 0 Å². The predicted molar refractivity (Wildman–Crippen MR) is 99.2 cm³/mol. The summed E-state index contributed by atoms with van der Waals surface area (Å²) in [6, 6.07) is 3.82. The largest absolute Gasteiger partial charge is 0.496 e. The van der Waals surface area contributed by atoms with Gasteiger partial charge in [-0.05, 0) is 31.0 Å². The molecular weight excluding hydrogens is 338 g/mol. The van der Waals surface area contributed by atoms with Crippen LogP contribution in [-0.4, -0.2) is 72.6 Å². The van der Waals surface area contributed by atoms with Gasteiger partial charge >= 0.3 is 0 Å². The number of amides is 2. The number of rotatable bonds is 3. The fourth-order valence-corrected chi connectivity index (χ4v) is 4.39. The Morgan fingerprint density at radius 1 is 1.16 bits per heavy atom. The van der Waals surface area contributed by atoms with Crippen LogP contribution in [-0.2, 0) is 4.79 Å². The summed E-state index contributed by atoms with van der Waals surface area (Å²) in [5.74, 6) is 2.44. The number of aryl methyl sites for hydroxylation is 2. The molecule has 0 aliphatic carbocycles. The summed E-state index contributed by atoms with van der Waals surface area (Å²) in [7, 11) is 1.59. The Kier molecular flexibility index (Phi) is 5.54. The number of hydrogen-bond acceptors (Lipinski definition) is 5. The SMILES string of the molecule is COc1c(C)cc(C)cc1C(=O)N1CCN(C(=O)C2CSCN2)CC1. The van der Waals surface area contributed by atoms with Crippen LogP contribution < -0.4 is 10.1 Å². The van der Waals surface area contributed by atoms with Crippen LogP contribution in [0, 0.1) is 13.8 Å². The highest BCUT2D eigenvalue weighted by Gasteiger charge is 2.31. The molecule has 0 spiro atoms. The molecule has 0 saturated carbocycles. The second-order valence-corrected chi connectivity index (χ2v) is 7.58. The van der Waals surface area contributed by atoms with Gasteiger partial charge < -0.3 is 14.5 Å². The Labute approximate surface area is 152 Å². The predicted octanol–water partition coefficient (Wildman–Crippen LogP) is 1.26. The topological polar surface area (TPSA) is 61.9 Å². The van der Waals surface area contributed by atoms with Gasteiger partial charge in [-0.1, -0.05) is 6.07 Å². The van der Waals surface area contributed by atoms with Crippen LogP contribution >= 0.6 is 11.8 Å². The number of nitrogens with one attached hydrogen (secondary N) is 1. The molecule has 3 rings (SSSR count). The van der Waals surface area contributed by atoms with Crippen molar-refractivity contribution in [3.8, 4) is 5.75 Å². The number of thioether (sulfide) groups is 1. The molecule has 6 nitrogen and oxygen atoms in total. The number of piperazine rings is 1. The van der Waals surface area contributed by atoms with Gasteiger partial charge in [-0.15, -0.1) is 11.8 Å². The van der Waals surface area contributed by atoms with Crippen molar-refractivity contribution in [3.05, 3.63) is 28.8 Å². The Morgan fingerprint density at radius 2 is 1.84 bits per heavy atom. The molecule has 0 bridgehead atoms. The van der Waals surface area contributed by atoms with Gasteiger partial charge in [0.1, 0.15) is 5.75 Å². The van der Waals surface area contributed by atoms with E-state index in [0.717, 1.165) is 22.8 Å². The molecule has 2 aliphatic heterocycles. The van der Waals surface area contributed by atoms with Crippen LogP contribution in [0.1, 0.15) is 21.5 Å². The summed E-state index contributed by atoms with van der Waals surface area (Å²) < 4.78 is 5.45. The first kappa shape index (κ1) is 18.1. The summed E-state index contributed by atoms with van der Waals surface area (Å²) in [5, 5.41) is 3.22. The van der Waals surface area contributed by atoms with Crippen LogP contribution in [0.2, 0.25) is 0 Å². The molecule has 2 heterocycles. The lowest BCUT2D eigenvalue weighted by Crippen LogP contribution is -2.54. The number of benzene rings is 1. The molecule has 2 amide bonds. The molecule has 1 aromatic carbocycles. The first-order chi connectivity index (χ1) is 12.0. The average molecular weight is 363 g/mol. The number of nitrogens with zero attached hydrogens (tertiary/aromatic N) is 2. The van der Waals surface area contributed by atoms with Crippen molar-refractivity contribution in [1.29, 1.82) is 0 Å². The maximum atomic E-state index is 12.9. The third kappa shape index (κ3) is 3.77. The lowest BCUT2D eigenvalue weighted by atomic mass is 10.0. The van der Waals surface area contributed by atoms with Crippen LogP contribution in [0.15, 0.2) is 12.1 Å². The van der Waals surface area contributed by atoms with Crippen molar-refractivity contribution in [3.63, 3.8) is 0 Å². The van der Waals surface area contributed by atoms with Gasteiger partial charge in [-0.3, -0.25) is 14.9 Å². The molecule has 0 aromatic heterocycles. The van der Waals surface area contributed by atoms with E-state index in [0.29, 0.717) is 37.5 Å². The van der Waals surface area contributed by atoms with E-state index < -0.39 is 0 Å². The van der Waals surface area contributed by atoms with Gasteiger partial charge in [0.05, 0.1) is 18.7 Å². The summed E-state index contributed by atoms with van der Waals surface area (Å²) >= 11 is 1.75. The van der Waals surface area contributed by atoms with Crippen molar-refractivity contribution in [2.75, 3.05) is 44.9 Å². The first-order valence-electron chi connectivity index (χ1n) is 8.55. The molecule has 2 fully saturated rings. The zero-order valence-electron chi connectivity index (χ0n) is 15.0. The molecule has 2 saturated heterocycles. The van der Waals surface area contributed by atoms with Crippen LogP contribution in [0.25, 0.3) is 0 Å². The van der Waals surface area contributed by atoms with Gasteiger partial charge in [-0.25, -0.2) is 0 Å². The Bertz CT molecular complexity index is 666. The van der Waals surface area contributed by atoms with Crippen LogP contribution in [0.3, 0.4) is 0 Å². The molecule has 136 valence electrons. The van der Waals surface area contributed by atoms with E-state index in [1.807, 2.05) is 35.8 Å². The quantitative estimate of drug-likeness (QED) is 0.876. The highest BCUT2D eigenvalue weighted by molar-refractivity contribution is 7.99. The minimum atomic E-state index is -0.0771. The number of methoxy groups -OCH3 is 1. The Morgan fingerprint density at radius 3 is 2.44 bits per heavy atom. The zero-order chi connectivity index (χ0) is 18.0. The first-order valence-corrected chi connectivity index (χ1v) is 9.71. The number of carbonyl (C=O) groups is 2. The average Bonchev–Trinajstić information content (AvgIpc) is 3.14. The van der Waals surface area contributed by atoms with E-state index in [4.69, 9.17) is 4.74 Å². The van der Waals surface area contributed by atoms with E-state index in [-0.39, 0.29) is 17.9 Å². The van der Waals surface area contributed by atoms with Crippen molar-refractivity contribution in [1.82, 2.24) is 15.1 Å². The van der Waals surface area contributed by atoms with Crippen molar-refractivity contribution in [2.45, 2.75) is 19.9 Å². The third-order valence-corrected chi connectivity index (χ3v) is 5.69. The second kappa shape index (κ2) is 7.66. The summed E-state index contributed by atoms with van der Waals surface area (Å²) in [4.78, 5) is 29.1. The fraction of sp³-hybridized carbons (Fsp3) is 0.556. The minimum Gasteiger partial charge on any atom is -0.496 e. The molecule has 1 unspecified atom stereocenters. The van der Waals surface area contributed by atoms with Gasteiger partial charge in [0.25, 0.3) is 5.91 Å². The van der Waals surface area contributed by atoms with E-state index in [2.05, 4.69) is 5.32 Å². The second-order valence-electron chi connectivity index (χ2n) is 6.55. The standard InChI is InChI=1S/C18H25N3O3S/c1-12-8-13(2)16(24-3)14(9-12)17(22)20-4-6-21(7-5-20)18(23)15-10-25-11-19-15/h8-9,15,19H,4-7,10-11H2,1-3H3. The molecule has 25 heavy (non-hydrogen) atoms. The molecule has 7 heteroatoms. The van der Waals surface area contributed by atoms with Gasteiger partial charge in [0.15, 0.2) is 0 Å². The smallest absolute Gasteiger partial charge is 0.257 e. The maximum Gasteiger partial charge on any atom is 0.257 e. The Hall–Kier alpha value is -1.73. The number of hydrogen-bond donors (Lipinski definition) is 1. The normalized spacial score (nSPS) is 20.7. The lowest BCUT2D eigenvalue weighted by molar-refractivity contribution is -0.134. The molecule has 0 radical (unpaired) electrons. The molecule has 2 aliphatic rings. The highest BCUT2D eigenvalue weighted by atomic mass is 32.2. The molecule has 1 aromatic rings. The van der Waals surface area contributed by atoms with Crippen molar-refractivity contribution >= 4 is 23.6 Å². The van der Waals surface area contributed by atoms with Gasteiger partial charge in [-0.2, -0.15) is 0 Å². The lowest BCUT2D eigenvalue weighted by Gasteiger charge is -2.36. The molecular formula is C18H25N3O3S. The van der Waals surface area contributed by atoms with Gasteiger partial charge in [0.2, 0.25) is 5.91 Å². The highest BCUT2D eigenvalue weighted by Crippen LogP contribution is 2.27. The van der Waals surface area contributed by atoms with E-state index >= 15 is 0 Å². The fourth-order valence-electron chi connectivity index (χ4n) is 3.46. The minimum absolute atomic E-state index is 0.0229. The van der Waals surface area contributed by atoms with E-state index in [1.165, 1.54) is 0 Å². The van der Waals surface area contributed by atoms with Crippen molar-refractivity contribution < 1.29 is 14.3 Å². The zero-order valence-corrected chi connectivity index (χ0v) is 15.8. The maximum absolute atomic E-state index is 12.9. The van der Waals surface area contributed by atoms with Gasteiger partial charge in [0, 0.05) is 37.8 Å². The Balaban J connectivity index is 1.67. The van der Waals surface area contributed by atoms with Crippen LogP contribution in [0.5, 0.6) is 5.75 Å². The summed E-state index contributed by atoms with van der Waals surface area (Å²) in [6.45, 7) is 6.21. The monoisotopic (exact) mass is 363 g/mol.